The van der Waals surface area contributed by atoms with Gasteiger partial charge >= 0.3 is 6.09 Å². The van der Waals surface area contributed by atoms with Gasteiger partial charge in [-0.15, -0.1) is 16.3 Å². The molecule has 4 rings (SSSR count). The first kappa shape index (κ1) is 28.8. The predicted octanol–water partition coefficient (Wildman–Crippen LogP) is 6.67. The fourth-order valence-corrected chi connectivity index (χ4v) is 5.11. The smallest absolute Gasteiger partial charge is 0.483 e. The molecule has 1 aromatic heterocycles. The van der Waals surface area contributed by atoms with Crippen molar-refractivity contribution in [3.63, 3.8) is 0 Å². The van der Waals surface area contributed by atoms with E-state index in [4.69, 9.17) is 9.47 Å². The van der Waals surface area contributed by atoms with Crippen LogP contribution < -0.4 is 4.74 Å². The van der Waals surface area contributed by atoms with Gasteiger partial charge in [0.1, 0.15) is 23.3 Å². The molecule has 0 saturated carbocycles. The van der Waals surface area contributed by atoms with Crippen LogP contribution in [-0.2, 0) is 10.5 Å². The molecule has 6 nitrogen and oxygen atoms in total. The molecule has 0 aliphatic carbocycles. The van der Waals surface area contributed by atoms with Crippen LogP contribution in [0.4, 0.5) is 9.18 Å². The second-order valence-corrected chi connectivity index (χ2v) is 11.8. The van der Waals surface area contributed by atoms with Gasteiger partial charge in [0.2, 0.25) is 0 Å². The highest BCUT2D eigenvalue weighted by Crippen LogP contribution is 2.27. The third-order valence-corrected chi connectivity index (χ3v) is 7.39. The van der Waals surface area contributed by atoms with Crippen molar-refractivity contribution in [3.05, 3.63) is 89.4 Å². The monoisotopic (exact) mass is 550 g/mol. The summed E-state index contributed by atoms with van der Waals surface area (Å²) in [7, 11) is 0. The predicted molar refractivity (Wildman–Crippen MR) is 153 cm³/mol. The minimum Gasteiger partial charge on any atom is -0.483 e. The largest absolute Gasteiger partial charge is 0.596 e. The van der Waals surface area contributed by atoms with Gasteiger partial charge in [-0.25, -0.2) is 9.37 Å². The lowest BCUT2D eigenvalue weighted by molar-refractivity contribution is -0.458. The summed E-state index contributed by atoms with van der Waals surface area (Å²) in [4.78, 5) is 19.4. The number of amides is 1. The van der Waals surface area contributed by atoms with Crippen molar-refractivity contribution in [3.8, 4) is 5.75 Å². The van der Waals surface area contributed by atoms with Crippen molar-refractivity contribution in [2.45, 2.75) is 57.1 Å². The lowest BCUT2D eigenvalue weighted by Crippen LogP contribution is -2.48. The Morgan fingerprint density at radius 3 is 2.54 bits per heavy atom. The molecule has 1 atom stereocenters. The summed E-state index contributed by atoms with van der Waals surface area (Å²) in [6.07, 6.45) is 0.984. The summed E-state index contributed by atoms with van der Waals surface area (Å²) in [5.41, 5.74) is 2.95. The average Bonchev–Trinajstić information content (AvgIpc) is 2.89. The van der Waals surface area contributed by atoms with E-state index in [1.807, 2.05) is 64.1 Å². The highest BCUT2D eigenvalue weighted by molar-refractivity contribution is 7.98. The molecule has 1 unspecified atom stereocenters. The summed E-state index contributed by atoms with van der Waals surface area (Å²) >= 11 is 1.67. The molecule has 206 valence electrons. The zero-order chi connectivity index (χ0) is 28.0. The Morgan fingerprint density at radius 2 is 1.90 bits per heavy atom. The van der Waals surface area contributed by atoms with Crippen molar-refractivity contribution >= 4 is 23.6 Å². The quantitative estimate of drug-likeness (QED) is 0.231. The molecule has 0 spiro atoms. The number of pyridine rings is 1. The topological polar surface area (TPSA) is 54.7 Å². The number of ether oxygens (including phenoxy) is 2. The van der Waals surface area contributed by atoms with E-state index in [9.17, 15) is 9.18 Å². The number of rotatable bonds is 8. The first-order valence-electron chi connectivity index (χ1n) is 13.2. The number of hydrogen-bond acceptors (Lipinski definition) is 6. The van der Waals surface area contributed by atoms with Crippen LogP contribution in [0.15, 0.2) is 71.9 Å². The van der Waals surface area contributed by atoms with Gasteiger partial charge in [-0.2, -0.15) is 4.79 Å². The normalized spacial score (nSPS) is 15.2. The average molecular weight is 551 g/mol. The molecular weight excluding hydrogens is 513 g/mol. The SMILES string of the molecule is CC1=[N+](C(=O)OC(C)(C)C)CCN(CC(Oc2ccc(SCc3ccccc3)nc2)c2ccc(C)c(F)c2)C1. The van der Waals surface area contributed by atoms with Crippen LogP contribution >= 0.6 is 11.8 Å². The fraction of sp³-hybridized carbons (Fsp3) is 0.387. The maximum Gasteiger partial charge on any atom is 0.596 e. The van der Waals surface area contributed by atoms with Crippen LogP contribution in [0, 0.1) is 12.7 Å². The van der Waals surface area contributed by atoms with Gasteiger partial charge in [0.15, 0.2) is 12.3 Å². The lowest BCUT2D eigenvalue weighted by atomic mass is 10.1. The molecule has 2 aromatic carbocycles. The number of carbonyl (C=O) groups excluding carboxylic acids is 1. The molecule has 8 heteroatoms. The summed E-state index contributed by atoms with van der Waals surface area (Å²) in [5.74, 6) is 1.20. The maximum atomic E-state index is 14.5. The van der Waals surface area contributed by atoms with Crippen LogP contribution in [0.2, 0.25) is 0 Å². The van der Waals surface area contributed by atoms with Crippen LogP contribution in [-0.4, -0.2) is 58.0 Å². The Hall–Kier alpha value is -3.23. The highest BCUT2D eigenvalue weighted by Gasteiger charge is 2.33. The van der Waals surface area contributed by atoms with E-state index in [1.54, 1.807) is 41.6 Å². The van der Waals surface area contributed by atoms with Crippen LogP contribution in [0.5, 0.6) is 5.75 Å². The number of hydrogen-bond donors (Lipinski definition) is 0. The highest BCUT2D eigenvalue weighted by atomic mass is 32.2. The Kier molecular flexibility index (Phi) is 9.40. The van der Waals surface area contributed by atoms with Gasteiger partial charge in [-0.1, -0.05) is 42.5 Å². The van der Waals surface area contributed by atoms with Crippen molar-refractivity contribution in [1.29, 1.82) is 0 Å². The van der Waals surface area contributed by atoms with E-state index in [1.165, 1.54) is 5.56 Å². The van der Waals surface area contributed by atoms with Gasteiger partial charge in [0.05, 0.1) is 24.3 Å². The number of aryl methyl sites for hydroxylation is 1. The van der Waals surface area contributed by atoms with Crippen molar-refractivity contribution < 1.29 is 23.2 Å². The first-order valence-corrected chi connectivity index (χ1v) is 14.2. The second kappa shape index (κ2) is 12.7. The molecule has 0 saturated heterocycles. The number of benzene rings is 2. The Morgan fingerprint density at radius 1 is 1.13 bits per heavy atom. The molecule has 0 bridgehead atoms. The second-order valence-electron chi connectivity index (χ2n) is 10.8. The first-order chi connectivity index (χ1) is 18.6. The molecule has 3 aromatic rings. The Labute approximate surface area is 234 Å². The number of halogens is 1. The number of thioether (sulfide) groups is 1. The summed E-state index contributed by atoms with van der Waals surface area (Å²) in [6.45, 7) is 11.6. The van der Waals surface area contributed by atoms with E-state index in [0.717, 1.165) is 22.1 Å². The minimum absolute atomic E-state index is 0.260. The van der Waals surface area contributed by atoms with Crippen LogP contribution in [0.1, 0.15) is 50.5 Å². The Balaban J connectivity index is 1.46. The molecule has 1 aliphatic rings. The van der Waals surface area contributed by atoms with E-state index in [-0.39, 0.29) is 11.9 Å². The minimum atomic E-state index is -0.549. The number of carbonyl (C=O) groups is 1. The molecule has 0 fully saturated rings. The molecule has 0 N–H and O–H groups in total. The third-order valence-electron chi connectivity index (χ3n) is 6.38. The molecule has 2 heterocycles. The fourth-order valence-electron chi connectivity index (χ4n) is 4.31. The maximum absolute atomic E-state index is 14.5. The van der Waals surface area contributed by atoms with Crippen molar-refractivity contribution in [2.24, 2.45) is 0 Å². The van der Waals surface area contributed by atoms with Gasteiger partial charge < -0.3 is 9.47 Å². The number of nitrogens with zero attached hydrogens (tertiary/aromatic N) is 3. The van der Waals surface area contributed by atoms with E-state index >= 15 is 0 Å². The standard InChI is InChI=1S/C31H37FN3O3S/c1-22-11-12-25(17-27(22)32)28(20-34-15-16-35(23(2)19-34)30(36)38-31(3,4)5)37-26-13-14-29(33-18-26)39-21-24-9-7-6-8-10-24/h6-14,17-18,28H,15-16,19-21H2,1-5H3/q+1. The van der Waals surface area contributed by atoms with Gasteiger partial charge in [-0.3, -0.25) is 4.90 Å². The summed E-state index contributed by atoms with van der Waals surface area (Å²) in [5, 5.41) is 0.910. The van der Waals surface area contributed by atoms with E-state index < -0.39 is 11.7 Å². The molecule has 0 radical (unpaired) electrons. The van der Waals surface area contributed by atoms with Crippen LogP contribution in [0.3, 0.4) is 0 Å². The molecular formula is C31H37FN3O3S+. The molecule has 1 amide bonds. The zero-order valence-corrected chi connectivity index (χ0v) is 24.1. The summed E-state index contributed by atoms with van der Waals surface area (Å²) in [6, 6.07) is 19.4. The van der Waals surface area contributed by atoms with Gasteiger partial charge in [-0.05, 0) is 62.6 Å². The summed E-state index contributed by atoms with van der Waals surface area (Å²) < 4.78 is 28.2. The molecule has 1 aliphatic heterocycles. The molecule has 39 heavy (non-hydrogen) atoms. The number of aromatic nitrogens is 1. The van der Waals surface area contributed by atoms with Crippen LogP contribution in [0.25, 0.3) is 0 Å². The lowest BCUT2D eigenvalue weighted by Gasteiger charge is -2.29. The Bertz CT molecular complexity index is 1310. The van der Waals surface area contributed by atoms with E-state index in [0.29, 0.717) is 37.5 Å². The third kappa shape index (κ3) is 8.38. The van der Waals surface area contributed by atoms with Crippen molar-refractivity contribution in [1.82, 2.24) is 9.88 Å². The van der Waals surface area contributed by atoms with Gasteiger partial charge in [0.25, 0.3) is 0 Å². The van der Waals surface area contributed by atoms with Gasteiger partial charge in [0, 0.05) is 19.2 Å². The van der Waals surface area contributed by atoms with E-state index in [2.05, 4.69) is 22.0 Å². The zero-order valence-electron chi connectivity index (χ0n) is 23.3. The van der Waals surface area contributed by atoms with Crippen molar-refractivity contribution in [2.75, 3.05) is 26.2 Å².